The summed E-state index contributed by atoms with van der Waals surface area (Å²) in [6, 6.07) is 13.0. The first-order chi connectivity index (χ1) is 17.5. The Kier molecular flexibility index (Phi) is 7.78. The van der Waals surface area contributed by atoms with E-state index in [0.29, 0.717) is 17.8 Å². The van der Waals surface area contributed by atoms with Crippen LogP contribution in [0, 0.1) is 23.5 Å². The molecule has 1 aliphatic heterocycles. The van der Waals surface area contributed by atoms with Gasteiger partial charge in [-0.15, -0.1) is 0 Å². The van der Waals surface area contributed by atoms with Gasteiger partial charge in [0.1, 0.15) is 5.66 Å². The first kappa shape index (κ1) is 25.0. The predicted molar refractivity (Wildman–Crippen MR) is 141 cm³/mol. The number of anilines is 2. The fraction of sp³-hybridized carbons (Fsp3) is 0.567. The number of amides is 1. The van der Waals surface area contributed by atoms with Gasteiger partial charge in [0, 0.05) is 18.2 Å². The third-order valence-electron chi connectivity index (χ3n) is 8.54. The Morgan fingerprint density at radius 2 is 1.47 bits per heavy atom. The van der Waals surface area contributed by atoms with Crippen molar-refractivity contribution in [2.45, 2.75) is 95.2 Å². The van der Waals surface area contributed by atoms with Crippen LogP contribution in [-0.2, 0) is 11.2 Å². The lowest BCUT2D eigenvalue weighted by molar-refractivity contribution is -0.130. The molecule has 0 bridgehead atoms. The molecule has 2 saturated carbocycles. The minimum atomic E-state index is -0.871. The van der Waals surface area contributed by atoms with Crippen molar-refractivity contribution in [2.75, 3.05) is 10.6 Å². The number of carbonyl (C=O) groups excluding carboxylic acids is 1. The van der Waals surface area contributed by atoms with Crippen molar-refractivity contribution in [3.8, 4) is 0 Å². The van der Waals surface area contributed by atoms with Crippen molar-refractivity contribution in [2.24, 2.45) is 11.8 Å². The average molecular weight is 496 g/mol. The first-order valence-electron chi connectivity index (χ1n) is 13.9. The molecule has 1 unspecified atom stereocenters. The summed E-state index contributed by atoms with van der Waals surface area (Å²) in [7, 11) is 0. The Morgan fingerprint density at radius 3 is 2.08 bits per heavy atom. The molecule has 5 rings (SSSR count). The van der Waals surface area contributed by atoms with Gasteiger partial charge in [0.25, 0.3) is 0 Å². The lowest BCUT2D eigenvalue weighted by Gasteiger charge is -2.44. The van der Waals surface area contributed by atoms with Crippen LogP contribution in [0.15, 0.2) is 42.5 Å². The summed E-state index contributed by atoms with van der Waals surface area (Å²) in [5.41, 5.74) is 1.55. The van der Waals surface area contributed by atoms with E-state index in [9.17, 15) is 13.6 Å². The molecule has 2 aliphatic carbocycles. The van der Waals surface area contributed by atoms with Crippen LogP contribution in [0.4, 0.5) is 20.2 Å². The van der Waals surface area contributed by atoms with Gasteiger partial charge < -0.3 is 16.0 Å². The largest absolute Gasteiger partial charge is 0.360 e. The predicted octanol–water partition coefficient (Wildman–Crippen LogP) is 7.17. The molecule has 0 aromatic heterocycles. The second kappa shape index (κ2) is 11.2. The third-order valence-corrected chi connectivity index (χ3v) is 8.54. The lowest BCUT2D eigenvalue weighted by Crippen LogP contribution is -2.59. The summed E-state index contributed by atoms with van der Waals surface area (Å²) >= 11 is 0. The Morgan fingerprint density at radius 1 is 0.889 bits per heavy atom. The second-order valence-corrected chi connectivity index (χ2v) is 11.1. The van der Waals surface area contributed by atoms with Gasteiger partial charge in [0.05, 0.1) is 17.3 Å². The van der Waals surface area contributed by atoms with Crippen LogP contribution in [-0.4, -0.2) is 17.6 Å². The molecular formula is C30H39F2N3O. The number of nitrogens with one attached hydrogen (secondary N) is 3. The zero-order valence-electron chi connectivity index (χ0n) is 21.1. The molecule has 0 saturated heterocycles. The Hall–Kier alpha value is -2.63. The molecule has 3 N–H and O–H groups in total. The van der Waals surface area contributed by atoms with E-state index in [-0.39, 0.29) is 23.8 Å². The maximum absolute atomic E-state index is 14.2. The fourth-order valence-corrected chi connectivity index (χ4v) is 6.76. The lowest BCUT2D eigenvalue weighted by atomic mass is 9.71. The molecule has 36 heavy (non-hydrogen) atoms. The Labute approximate surface area is 213 Å². The van der Waals surface area contributed by atoms with Crippen LogP contribution in [0.2, 0.25) is 0 Å². The van der Waals surface area contributed by atoms with Gasteiger partial charge in [-0.1, -0.05) is 68.9 Å². The number of rotatable bonds is 8. The number of hydrogen-bond acceptors (Lipinski definition) is 3. The highest BCUT2D eigenvalue weighted by atomic mass is 19.2. The van der Waals surface area contributed by atoms with Crippen molar-refractivity contribution in [1.29, 1.82) is 0 Å². The molecule has 0 spiro atoms. The number of aryl methyl sites for hydroxylation is 1. The van der Waals surface area contributed by atoms with Gasteiger partial charge >= 0.3 is 0 Å². The summed E-state index contributed by atoms with van der Waals surface area (Å²) in [6.45, 7) is 0. The summed E-state index contributed by atoms with van der Waals surface area (Å²) < 4.78 is 28.4. The minimum absolute atomic E-state index is 0.0854. The molecule has 2 aromatic rings. The van der Waals surface area contributed by atoms with Gasteiger partial charge in [-0.05, 0) is 56.4 Å². The molecule has 6 heteroatoms. The standard InChI is InChI=1S/C30H39F2N3O/c31-24-19-26-27(20-25(24)32)35-30(34-26,18-10-13-21-11-4-1-5-12-21)28(22-14-6-2-7-15-22)29(36)33-23-16-8-3-9-17-23/h1,4-5,11-12,19-20,22-23,28,34-35H,2-3,6-10,13-18H2,(H,33,36). The molecule has 0 radical (unpaired) electrons. The van der Waals surface area contributed by atoms with E-state index < -0.39 is 17.3 Å². The Bertz CT molecular complexity index is 1000. The molecule has 1 atom stereocenters. The van der Waals surface area contributed by atoms with Crippen molar-refractivity contribution in [1.82, 2.24) is 5.32 Å². The molecule has 1 amide bonds. The van der Waals surface area contributed by atoms with E-state index in [1.165, 1.54) is 30.5 Å². The molecule has 194 valence electrons. The van der Waals surface area contributed by atoms with E-state index in [0.717, 1.165) is 64.2 Å². The highest BCUT2D eigenvalue weighted by molar-refractivity contribution is 5.86. The van der Waals surface area contributed by atoms with Crippen molar-refractivity contribution in [3.63, 3.8) is 0 Å². The first-order valence-corrected chi connectivity index (χ1v) is 13.9. The fourth-order valence-electron chi connectivity index (χ4n) is 6.76. The second-order valence-electron chi connectivity index (χ2n) is 11.1. The van der Waals surface area contributed by atoms with Crippen LogP contribution in [0.5, 0.6) is 0 Å². The highest BCUT2D eigenvalue weighted by Gasteiger charge is 2.50. The molecule has 2 aromatic carbocycles. The third kappa shape index (κ3) is 5.52. The molecule has 3 aliphatic rings. The summed E-state index contributed by atoms with van der Waals surface area (Å²) in [6.07, 6.45) is 13.5. The van der Waals surface area contributed by atoms with Crippen LogP contribution in [0.1, 0.15) is 82.6 Å². The number of hydrogen-bond donors (Lipinski definition) is 3. The molecular weight excluding hydrogens is 456 g/mol. The summed E-state index contributed by atoms with van der Waals surface area (Å²) in [4.78, 5) is 14.1. The topological polar surface area (TPSA) is 53.2 Å². The van der Waals surface area contributed by atoms with Crippen LogP contribution in [0.25, 0.3) is 0 Å². The maximum atomic E-state index is 14.2. The van der Waals surface area contributed by atoms with Crippen molar-refractivity contribution >= 4 is 17.3 Å². The molecule has 2 fully saturated rings. The average Bonchev–Trinajstić information content (AvgIpc) is 3.23. The van der Waals surface area contributed by atoms with Crippen LogP contribution >= 0.6 is 0 Å². The van der Waals surface area contributed by atoms with Crippen molar-refractivity contribution < 1.29 is 13.6 Å². The number of carbonyl (C=O) groups is 1. The van der Waals surface area contributed by atoms with E-state index in [1.54, 1.807) is 0 Å². The molecule has 4 nitrogen and oxygen atoms in total. The van der Waals surface area contributed by atoms with Crippen molar-refractivity contribution in [3.05, 3.63) is 59.7 Å². The number of benzene rings is 2. The normalized spacial score (nSPS) is 20.7. The van der Waals surface area contributed by atoms with E-state index >= 15 is 0 Å². The van der Waals surface area contributed by atoms with E-state index in [4.69, 9.17) is 0 Å². The smallest absolute Gasteiger partial charge is 0.227 e. The van der Waals surface area contributed by atoms with Gasteiger partial charge in [0.2, 0.25) is 5.91 Å². The van der Waals surface area contributed by atoms with Crippen LogP contribution in [0.3, 0.4) is 0 Å². The summed E-state index contributed by atoms with van der Waals surface area (Å²) in [5.74, 6) is -1.76. The van der Waals surface area contributed by atoms with Gasteiger partial charge in [-0.2, -0.15) is 0 Å². The van der Waals surface area contributed by atoms with E-state index in [1.807, 2.05) is 18.2 Å². The van der Waals surface area contributed by atoms with E-state index in [2.05, 4.69) is 28.1 Å². The monoisotopic (exact) mass is 495 g/mol. The Balaban J connectivity index is 1.45. The summed E-state index contributed by atoms with van der Waals surface area (Å²) in [5, 5.41) is 10.5. The zero-order valence-corrected chi connectivity index (χ0v) is 21.1. The molecule has 1 heterocycles. The van der Waals surface area contributed by atoms with Gasteiger partial charge in [0.15, 0.2) is 11.6 Å². The number of halogens is 2. The van der Waals surface area contributed by atoms with Gasteiger partial charge in [-0.25, -0.2) is 8.78 Å². The number of fused-ring (bicyclic) bond motifs is 1. The maximum Gasteiger partial charge on any atom is 0.227 e. The highest BCUT2D eigenvalue weighted by Crippen LogP contribution is 2.46. The SMILES string of the molecule is O=C(NC1CCCCC1)C(C1CCCCC1)C1(CCCc2ccccc2)Nc2cc(F)c(F)cc2N1. The quantitative estimate of drug-likeness (QED) is 0.364. The van der Waals surface area contributed by atoms with Gasteiger partial charge in [-0.3, -0.25) is 4.79 Å². The minimum Gasteiger partial charge on any atom is -0.360 e. The van der Waals surface area contributed by atoms with Crippen LogP contribution < -0.4 is 16.0 Å². The zero-order chi connectivity index (χ0) is 25.0.